The second kappa shape index (κ2) is 5.76. The Hall–Kier alpha value is -1.82. The van der Waals surface area contributed by atoms with E-state index in [1.165, 1.54) is 10.4 Å². The van der Waals surface area contributed by atoms with E-state index in [0.717, 1.165) is 24.2 Å². The molecule has 1 aliphatic rings. The summed E-state index contributed by atoms with van der Waals surface area (Å²) in [4.78, 5) is 15.2. The van der Waals surface area contributed by atoms with Crippen LogP contribution >= 0.6 is 11.3 Å². The molecule has 0 aliphatic carbocycles. The number of thiophene rings is 1. The van der Waals surface area contributed by atoms with Crippen LogP contribution in [0.1, 0.15) is 32.0 Å². The number of hydrogen-bond acceptors (Lipinski definition) is 4. The molecule has 3 rings (SSSR count). The molecule has 0 saturated heterocycles. The highest BCUT2D eigenvalue weighted by atomic mass is 32.1. The molecule has 22 heavy (non-hydrogen) atoms. The summed E-state index contributed by atoms with van der Waals surface area (Å²) in [5.74, 6) is 0. The molecule has 2 aromatic rings. The second-order valence-corrected chi connectivity index (χ2v) is 7.42. The number of aromatic nitrogens is 2. The molecule has 0 atom stereocenters. The van der Waals surface area contributed by atoms with Gasteiger partial charge in [0.05, 0.1) is 4.88 Å². The Labute approximate surface area is 134 Å². The molecule has 1 amide bonds. The maximum absolute atomic E-state index is 12.2. The van der Waals surface area contributed by atoms with Crippen molar-refractivity contribution >= 4 is 17.4 Å². The predicted molar refractivity (Wildman–Crippen MR) is 87.1 cm³/mol. The van der Waals surface area contributed by atoms with Crippen molar-refractivity contribution in [2.45, 2.75) is 39.2 Å². The Morgan fingerprint density at radius 1 is 1.36 bits per heavy atom. The molecule has 0 spiro atoms. The van der Waals surface area contributed by atoms with E-state index in [-0.39, 0.29) is 6.09 Å². The van der Waals surface area contributed by atoms with Gasteiger partial charge in [0.2, 0.25) is 0 Å². The highest BCUT2D eigenvalue weighted by Gasteiger charge is 2.26. The van der Waals surface area contributed by atoms with Crippen LogP contribution < -0.4 is 0 Å². The average Bonchev–Trinajstić information content (AvgIpc) is 3.02. The summed E-state index contributed by atoms with van der Waals surface area (Å²) in [6, 6.07) is 4.11. The summed E-state index contributed by atoms with van der Waals surface area (Å²) in [5, 5.41) is 9.66. The molecule has 118 valence electrons. The van der Waals surface area contributed by atoms with Gasteiger partial charge in [-0.05, 0) is 38.6 Å². The monoisotopic (exact) mass is 319 g/mol. The number of hydrogen-bond donors (Lipinski definition) is 1. The van der Waals surface area contributed by atoms with Gasteiger partial charge in [-0.3, -0.25) is 5.10 Å². The van der Waals surface area contributed by atoms with Gasteiger partial charge in [-0.2, -0.15) is 5.10 Å². The van der Waals surface area contributed by atoms with Gasteiger partial charge in [-0.25, -0.2) is 4.79 Å². The summed E-state index contributed by atoms with van der Waals surface area (Å²) >= 11 is 1.69. The number of carbonyl (C=O) groups is 1. The summed E-state index contributed by atoms with van der Waals surface area (Å²) in [5.41, 5.74) is 2.93. The smallest absolute Gasteiger partial charge is 0.410 e. The first-order valence-electron chi connectivity index (χ1n) is 7.52. The van der Waals surface area contributed by atoms with E-state index in [2.05, 4.69) is 21.6 Å². The lowest BCUT2D eigenvalue weighted by Gasteiger charge is -2.26. The zero-order chi connectivity index (χ0) is 15.7. The molecule has 1 N–H and O–H groups in total. The Morgan fingerprint density at radius 2 is 2.14 bits per heavy atom. The molecule has 0 bridgehead atoms. The number of aromatic amines is 1. The van der Waals surface area contributed by atoms with Crippen molar-refractivity contribution in [3.63, 3.8) is 0 Å². The Kier molecular flexibility index (Phi) is 3.95. The number of nitrogens with one attached hydrogen (secondary N) is 1. The third-order valence-electron chi connectivity index (χ3n) is 3.62. The third kappa shape index (κ3) is 3.16. The fraction of sp³-hybridized carbons (Fsp3) is 0.500. The van der Waals surface area contributed by atoms with Crippen LogP contribution in [-0.4, -0.2) is 39.9 Å². The van der Waals surface area contributed by atoms with Gasteiger partial charge >= 0.3 is 6.09 Å². The summed E-state index contributed by atoms with van der Waals surface area (Å²) in [6.07, 6.45) is 1.36. The molecular formula is C16H21N3O2S. The van der Waals surface area contributed by atoms with Crippen LogP contribution in [0.4, 0.5) is 4.79 Å². The molecule has 3 heterocycles. The van der Waals surface area contributed by atoms with E-state index >= 15 is 0 Å². The van der Waals surface area contributed by atoms with Crippen molar-refractivity contribution in [2.24, 2.45) is 0 Å². The van der Waals surface area contributed by atoms with Crippen LogP contribution in [0.15, 0.2) is 17.5 Å². The highest BCUT2D eigenvalue weighted by molar-refractivity contribution is 7.13. The van der Waals surface area contributed by atoms with Crippen LogP contribution in [-0.2, 0) is 17.6 Å². The fourth-order valence-electron chi connectivity index (χ4n) is 2.61. The summed E-state index contributed by atoms with van der Waals surface area (Å²) in [7, 11) is 0. The summed E-state index contributed by atoms with van der Waals surface area (Å²) < 4.78 is 5.47. The maximum Gasteiger partial charge on any atom is 0.410 e. The van der Waals surface area contributed by atoms with Gasteiger partial charge in [0, 0.05) is 30.8 Å². The van der Waals surface area contributed by atoms with Gasteiger partial charge in [-0.15, -0.1) is 11.3 Å². The van der Waals surface area contributed by atoms with E-state index in [0.29, 0.717) is 13.1 Å². The van der Waals surface area contributed by atoms with E-state index in [9.17, 15) is 4.79 Å². The number of amides is 1. The Balaban J connectivity index is 1.75. The van der Waals surface area contributed by atoms with Crippen molar-refractivity contribution in [3.05, 3.63) is 28.8 Å². The molecule has 2 aromatic heterocycles. The maximum atomic E-state index is 12.2. The highest BCUT2D eigenvalue weighted by Crippen LogP contribution is 2.30. The predicted octanol–water partition coefficient (Wildman–Crippen LogP) is 3.47. The van der Waals surface area contributed by atoms with E-state index in [1.54, 1.807) is 16.2 Å². The summed E-state index contributed by atoms with van der Waals surface area (Å²) in [6.45, 7) is 7.01. The lowest BCUT2D eigenvalue weighted by atomic mass is 10.1. The number of fused-ring (bicyclic) bond motifs is 1. The average molecular weight is 319 g/mol. The Morgan fingerprint density at radius 3 is 2.82 bits per heavy atom. The minimum atomic E-state index is -0.457. The first-order chi connectivity index (χ1) is 10.4. The third-order valence-corrected chi connectivity index (χ3v) is 4.50. The first-order valence-corrected chi connectivity index (χ1v) is 8.40. The number of H-pyrrole nitrogens is 1. The lowest BCUT2D eigenvalue weighted by molar-refractivity contribution is 0.0258. The normalized spacial score (nSPS) is 15.3. The largest absolute Gasteiger partial charge is 0.444 e. The molecule has 0 fully saturated rings. The molecule has 1 aliphatic heterocycles. The quantitative estimate of drug-likeness (QED) is 0.875. The van der Waals surface area contributed by atoms with Crippen LogP contribution in [0, 0.1) is 0 Å². The van der Waals surface area contributed by atoms with Gasteiger partial charge in [0.25, 0.3) is 0 Å². The molecule has 5 nitrogen and oxygen atoms in total. The molecule has 0 radical (unpaired) electrons. The zero-order valence-corrected chi connectivity index (χ0v) is 14.0. The first kappa shape index (κ1) is 15.1. The van der Waals surface area contributed by atoms with Crippen LogP contribution in [0.25, 0.3) is 10.6 Å². The molecule has 0 aromatic carbocycles. The van der Waals surface area contributed by atoms with Crippen LogP contribution in [0.5, 0.6) is 0 Å². The van der Waals surface area contributed by atoms with E-state index in [1.807, 2.05) is 26.8 Å². The van der Waals surface area contributed by atoms with E-state index < -0.39 is 5.60 Å². The van der Waals surface area contributed by atoms with Crippen molar-refractivity contribution in [1.82, 2.24) is 15.1 Å². The van der Waals surface area contributed by atoms with Crippen LogP contribution in [0.2, 0.25) is 0 Å². The minimum Gasteiger partial charge on any atom is -0.444 e. The number of rotatable bonds is 1. The van der Waals surface area contributed by atoms with Gasteiger partial charge in [-0.1, -0.05) is 6.07 Å². The SMILES string of the molecule is CC(C)(C)OC(=O)N1CCc2[nH]nc(-c3cccs3)c2CC1. The number of nitrogens with zero attached hydrogens (tertiary/aromatic N) is 2. The number of carbonyl (C=O) groups excluding carboxylic acids is 1. The van der Waals surface area contributed by atoms with Crippen molar-refractivity contribution < 1.29 is 9.53 Å². The van der Waals surface area contributed by atoms with Crippen LogP contribution in [0.3, 0.4) is 0 Å². The minimum absolute atomic E-state index is 0.233. The number of ether oxygens (including phenoxy) is 1. The molecule has 0 unspecified atom stereocenters. The fourth-order valence-corrected chi connectivity index (χ4v) is 3.35. The standard InChI is InChI=1S/C16H21N3O2S/c1-16(2,3)21-15(20)19-8-6-11-12(7-9-19)17-18-14(11)13-5-4-10-22-13/h4-5,10H,6-9H2,1-3H3,(H,17,18). The molecular weight excluding hydrogens is 298 g/mol. The van der Waals surface area contributed by atoms with Crippen molar-refractivity contribution in [1.29, 1.82) is 0 Å². The second-order valence-electron chi connectivity index (χ2n) is 6.47. The lowest BCUT2D eigenvalue weighted by Crippen LogP contribution is -2.38. The van der Waals surface area contributed by atoms with Crippen molar-refractivity contribution in [3.8, 4) is 10.6 Å². The van der Waals surface area contributed by atoms with Gasteiger partial charge in [0.1, 0.15) is 11.3 Å². The Bertz CT molecular complexity index is 655. The molecule has 0 saturated carbocycles. The van der Waals surface area contributed by atoms with Crippen molar-refractivity contribution in [2.75, 3.05) is 13.1 Å². The molecule has 6 heteroatoms. The van der Waals surface area contributed by atoms with Gasteiger partial charge < -0.3 is 9.64 Å². The van der Waals surface area contributed by atoms with Gasteiger partial charge in [0.15, 0.2) is 0 Å². The van der Waals surface area contributed by atoms with E-state index in [4.69, 9.17) is 4.74 Å². The topological polar surface area (TPSA) is 58.2 Å². The zero-order valence-electron chi connectivity index (χ0n) is 13.2.